The van der Waals surface area contributed by atoms with E-state index < -0.39 is 31.3 Å². The van der Waals surface area contributed by atoms with Crippen LogP contribution in [0.3, 0.4) is 0 Å². The smallest absolute Gasteiger partial charge is 0.288 e. The summed E-state index contributed by atoms with van der Waals surface area (Å²) in [6.45, 7) is 2.07. The molecule has 2 aromatic carbocycles. The van der Waals surface area contributed by atoms with Crippen LogP contribution in [0, 0.1) is 10.1 Å². The van der Waals surface area contributed by atoms with Crippen LogP contribution in [0.25, 0.3) is 11.3 Å². The van der Waals surface area contributed by atoms with Crippen molar-refractivity contribution < 1.29 is 18.1 Å². The second kappa shape index (κ2) is 8.10. The number of carbonyl (C=O) groups excluding carboxylic acids is 1. The molecule has 0 aliphatic heterocycles. The van der Waals surface area contributed by atoms with Crippen molar-refractivity contribution in [3.8, 4) is 11.3 Å². The zero-order chi connectivity index (χ0) is 21.2. The van der Waals surface area contributed by atoms with Crippen molar-refractivity contribution in [2.75, 3.05) is 11.6 Å². The van der Waals surface area contributed by atoms with Gasteiger partial charge in [-0.25, -0.2) is 13.4 Å². The number of nitrogens with one attached hydrogen (secondary N) is 1. The van der Waals surface area contributed by atoms with Crippen LogP contribution in [0.4, 0.5) is 10.8 Å². The second-order valence-electron chi connectivity index (χ2n) is 6.25. The molecule has 0 atom stereocenters. The molecule has 1 amide bonds. The highest BCUT2D eigenvalue weighted by atomic mass is 32.2. The Morgan fingerprint density at radius 3 is 2.48 bits per heavy atom. The van der Waals surface area contributed by atoms with Gasteiger partial charge in [0, 0.05) is 28.8 Å². The number of hydrogen-bond acceptors (Lipinski definition) is 7. The van der Waals surface area contributed by atoms with Gasteiger partial charge < -0.3 is 0 Å². The number of thiazole rings is 1. The molecule has 29 heavy (non-hydrogen) atoms. The summed E-state index contributed by atoms with van der Waals surface area (Å²) in [5.74, 6) is -0.615. The van der Waals surface area contributed by atoms with Crippen molar-refractivity contribution >= 4 is 37.9 Å². The summed E-state index contributed by atoms with van der Waals surface area (Å²) in [7, 11) is -3.80. The molecule has 0 radical (unpaired) electrons. The first-order chi connectivity index (χ1) is 13.7. The number of nitro groups is 1. The Morgan fingerprint density at radius 1 is 1.21 bits per heavy atom. The Hall–Kier alpha value is -3.11. The predicted molar refractivity (Wildman–Crippen MR) is 111 cm³/mol. The van der Waals surface area contributed by atoms with Gasteiger partial charge in [-0.05, 0) is 24.1 Å². The molecule has 1 N–H and O–H groups in total. The van der Waals surface area contributed by atoms with E-state index in [9.17, 15) is 23.3 Å². The standard InChI is InChI=1S/C19H17N3O5S2/c1-3-12-4-6-13(7-5-12)15-11-28-19(20-15)21-18(23)14-8-9-17(29(2,26)27)16(10-14)22(24)25/h4-11H,3H2,1-2H3,(H,20,21,23). The maximum atomic E-state index is 12.5. The summed E-state index contributed by atoms with van der Waals surface area (Å²) >= 11 is 1.22. The number of rotatable bonds is 6. The van der Waals surface area contributed by atoms with Crippen molar-refractivity contribution in [2.24, 2.45) is 0 Å². The van der Waals surface area contributed by atoms with E-state index in [2.05, 4.69) is 17.2 Å². The van der Waals surface area contributed by atoms with Crippen LogP contribution in [0.2, 0.25) is 0 Å². The lowest BCUT2D eigenvalue weighted by Gasteiger charge is -2.05. The zero-order valence-corrected chi connectivity index (χ0v) is 17.2. The Balaban J connectivity index is 1.83. The molecule has 0 aliphatic carbocycles. The monoisotopic (exact) mass is 431 g/mol. The molecule has 0 unspecified atom stereocenters. The summed E-state index contributed by atoms with van der Waals surface area (Å²) in [6.07, 6.45) is 1.81. The molecule has 0 bridgehead atoms. The number of aromatic nitrogens is 1. The molecular weight excluding hydrogens is 414 g/mol. The highest BCUT2D eigenvalue weighted by Gasteiger charge is 2.24. The Labute approximate surface area is 171 Å². The molecule has 150 valence electrons. The number of aryl methyl sites for hydroxylation is 1. The number of nitro benzene ring substituents is 1. The fraction of sp³-hybridized carbons (Fsp3) is 0.158. The first-order valence-corrected chi connectivity index (χ1v) is 11.3. The summed E-state index contributed by atoms with van der Waals surface area (Å²) < 4.78 is 23.4. The van der Waals surface area contributed by atoms with Gasteiger partial charge in [-0.2, -0.15) is 0 Å². The average Bonchev–Trinajstić information content (AvgIpc) is 3.15. The average molecular weight is 431 g/mol. The van der Waals surface area contributed by atoms with Crippen LogP contribution in [0.5, 0.6) is 0 Å². The largest absolute Gasteiger partial charge is 0.298 e. The van der Waals surface area contributed by atoms with E-state index in [-0.39, 0.29) is 5.56 Å². The predicted octanol–water partition coefficient (Wildman–Crippen LogP) is 3.94. The molecule has 0 saturated heterocycles. The maximum absolute atomic E-state index is 12.5. The van der Waals surface area contributed by atoms with Crippen LogP contribution < -0.4 is 5.32 Å². The van der Waals surface area contributed by atoms with E-state index in [1.54, 1.807) is 5.38 Å². The molecule has 0 saturated carbocycles. The fourth-order valence-electron chi connectivity index (χ4n) is 2.66. The minimum absolute atomic E-state index is 0.0341. The normalized spacial score (nSPS) is 11.2. The van der Waals surface area contributed by atoms with E-state index in [1.165, 1.54) is 23.0 Å². The van der Waals surface area contributed by atoms with Crippen molar-refractivity contribution in [3.63, 3.8) is 0 Å². The fourth-order valence-corrected chi connectivity index (χ4v) is 4.20. The molecule has 3 rings (SSSR count). The van der Waals surface area contributed by atoms with Gasteiger partial charge in [0.25, 0.3) is 11.6 Å². The van der Waals surface area contributed by atoms with Gasteiger partial charge in [-0.15, -0.1) is 11.3 Å². The topological polar surface area (TPSA) is 119 Å². The Kier molecular flexibility index (Phi) is 5.76. The maximum Gasteiger partial charge on any atom is 0.288 e. The summed E-state index contributed by atoms with van der Waals surface area (Å²) in [5, 5.41) is 15.9. The third-order valence-electron chi connectivity index (χ3n) is 4.20. The number of anilines is 1. The highest BCUT2D eigenvalue weighted by molar-refractivity contribution is 7.90. The van der Waals surface area contributed by atoms with E-state index in [4.69, 9.17) is 0 Å². The Bertz CT molecular complexity index is 1180. The third-order valence-corrected chi connectivity index (χ3v) is 6.10. The molecule has 1 heterocycles. The minimum atomic E-state index is -3.80. The molecule has 1 aromatic heterocycles. The number of sulfone groups is 1. The van der Waals surface area contributed by atoms with Gasteiger partial charge in [-0.1, -0.05) is 31.2 Å². The van der Waals surface area contributed by atoms with Gasteiger partial charge >= 0.3 is 0 Å². The first kappa shape index (κ1) is 20.6. The van der Waals surface area contributed by atoms with Crippen molar-refractivity contribution in [2.45, 2.75) is 18.2 Å². The SMILES string of the molecule is CCc1ccc(-c2csc(NC(=O)c3ccc(S(C)(=O)=O)c([N+](=O)[O-])c3)n2)cc1. The highest BCUT2D eigenvalue weighted by Crippen LogP contribution is 2.28. The Morgan fingerprint density at radius 2 is 1.90 bits per heavy atom. The van der Waals surface area contributed by atoms with Crippen LogP contribution in [-0.4, -0.2) is 30.5 Å². The first-order valence-electron chi connectivity index (χ1n) is 8.53. The van der Waals surface area contributed by atoms with Gasteiger partial charge in [0.2, 0.25) is 0 Å². The number of carbonyl (C=O) groups is 1. The summed E-state index contributed by atoms with van der Waals surface area (Å²) in [6, 6.07) is 11.2. The molecule has 3 aromatic rings. The lowest BCUT2D eigenvalue weighted by atomic mass is 10.1. The van der Waals surface area contributed by atoms with E-state index >= 15 is 0 Å². The third kappa shape index (κ3) is 4.66. The molecule has 0 aliphatic rings. The molecule has 0 fully saturated rings. The van der Waals surface area contributed by atoms with Crippen molar-refractivity contribution in [3.05, 3.63) is 69.1 Å². The van der Waals surface area contributed by atoms with Crippen LogP contribution in [0.1, 0.15) is 22.8 Å². The van der Waals surface area contributed by atoms with Crippen molar-refractivity contribution in [1.29, 1.82) is 0 Å². The minimum Gasteiger partial charge on any atom is -0.298 e. The van der Waals surface area contributed by atoms with E-state index in [0.29, 0.717) is 10.8 Å². The molecule has 0 spiro atoms. The van der Waals surface area contributed by atoms with Crippen LogP contribution in [-0.2, 0) is 16.3 Å². The second-order valence-corrected chi connectivity index (χ2v) is 9.10. The summed E-state index contributed by atoms with van der Waals surface area (Å²) in [5.41, 5.74) is 2.14. The lowest BCUT2D eigenvalue weighted by molar-refractivity contribution is -0.387. The molecule has 10 heteroatoms. The van der Waals surface area contributed by atoms with Crippen molar-refractivity contribution in [1.82, 2.24) is 4.98 Å². The number of hydrogen-bond donors (Lipinski definition) is 1. The van der Waals surface area contributed by atoms with Gasteiger partial charge in [0.1, 0.15) is 4.90 Å². The van der Waals surface area contributed by atoms with Gasteiger partial charge in [-0.3, -0.25) is 20.2 Å². The number of amides is 1. The molecule has 8 nitrogen and oxygen atoms in total. The van der Waals surface area contributed by atoms with Crippen LogP contribution >= 0.6 is 11.3 Å². The summed E-state index contributed by atoms with van der Waals surface area (Å²) in [4.78, 5) is 26.8. The van der Waals surface area contributed by atoms with E-state index in [0.717, 1.165) is 30.4 Å². The van der Waals surface area contributed by atoms with Crippen LogP contribution in [0.15, 0.2) is 52.7 Å². The molecular formula is C19H17N3O5S2. The zero-order valence-electron chi connectivity index (χ0n) is 15.6. The van der Waals surface area contributed by atoms with E-state index in [1.807, 2.05) is 24.3 Å². The van der Waals surface area contributed by atoms with Gasteiger partial charge in [0.05, 0.1) is 10.6 Å². The quantitative estimate of drug-likeness (QED) is 0.466. The van der Waals surface area contributed by atoms with Gasteiger partial charge in [0.15, 0.2) is 15.0 Å². The number of nitrogens with zero attached hydrogens (tertiary/aromatic N) is 2. The number of benzene rings is 2. The lowest BCUT2D eigenvalue weighted by Crippen LogP contribution is -2.13.